The van der Waals surface area contributed by atoms with Crippen molar-refractivity contribution in [1.29, 1.82) is 0 Å². The molecule has 0 atom stereocenters. The summed E-state index contributed by atoms with van der Waals surface area (Å²) in [5.41, 5.74) is 4.08. The van der Waals surface area contributed by atoms with Crippen LogP contribution >= 0.6 is 23.2 Å². The minimum atomic E-state index is 0.467. The molecule has 0 aliphatic carbocycles. The van der Waals surface area contributed by atoms with Gasteiger partial charge < -0.3 is 4.90 Å². The van der Waals surface area contributed by atoms with Crippen molar-refractivity contribution in [2.45, 2.75) is 16.7 Å². The standard InChI is InChI=1S/C15H16BNS2/c1-11-8-9-13(17(2)3)12(10-11)16-18-14-6-4-5-7-15(14)19-16/h4-10H,1-3H3. The second-order valence-electron chi connectivity index (χ2n) is 4.97. The Morgan fingerprint density at radius 1 is 0.947 bits per heavy atom. The highest BCUT2D eigenvalue weighted by Gasteiger charge is 2.30. The van der Waals surface area contributed by atoms with Gasteiger partial charge in [-0.25, -0.2) is 0 Å². The van der Waals surface area contributed by atoms with Gasteiger partial charge in [0, 0.05) is 29.6 Å². The van der Waals surface area contributed by atoms with Crippen LogP contribution in [0.1, 0.15) is 5.56 Å². The summed E-state index contributed by atoms with van der Waals surface area (Å²) in [5, 5.41) is 0.467. The van der Waals surface area contributed by atoms with Crippen LogP contribution < -0.4 is 10.4 Å². The molecule has 4 heteroatoms. The van der Waals surface area contributed by atoms with E-state index >= 15 is 0 Å². The maximum Gasteiger partial charge on any atom is 0.319 e. The molecule has 0 bridgehead atoms. The molecule has 2 aromatic rings. The topological polar surface area (TPSA) is 3.24 Å². The van der Waals surface area contributed by atoms with Gasteiger partial charge in [0.05, 0.1) is 0 Å². The number of aryl methyl sites for hydroxylation is 1. The van der Waals surface area contributed by atoms with Crippen LogP contribution in [0.5, 0.6) is 0 Å². The average molecular weight is 285 g/mol. The maximum atomic E-state index is 2.33. The number of benzene rings is 2. The molecule has 1 aliphatic rings. The molecular weight excluding hydrogens is 269 g/mol. The minimum absolute atomic E-state index is 0.467. The van der Waals surface area contributed by atoms with E-state index in [1.807, 2.05) is 23.2 Å². The van der Waals surface area contributed by atoms with Crippen LogP contribution in [0.4, 0.5) is 5.69 Å². The van der Waals surface area contributed by atoms with E-state index in [-0.39, 0.29) is 0 Å². The fraction of sp³-hybridized carbons (Fsp3) is 0.200. The van der Waals surface area contributed by atoms with Gasteiger partial charge in [-0.3, -0.25) is 0 Å². The van der Waals surface area contributed by atoms with Crippen molar-refractivity contribution in [1.82, 2.24) is 0 Å². The summed E-state index contributed by atoms with van der Waals surface area (Å²) in [6, 6.07) is 15.4. The molecule has 1 nitrogen and oxygen atoms in total. The fourth-order valence-electron chi connectivity index (χ4n) is 2.30. The van der Waals surface area contributed by atoms with E-state index in [0.29, 0.717) is 5.27 Å². The molecule has 96 valence electrons. The Hall–Kier alpha value is -0.995. The number of rotatable bonds is 2. The fourth-order valence-corrected chi connectivity index (χ4v) is 5.18. The van der Waals surface area contributed by atoms with E-state index in [9.17, 15) is 0 Å². The first kappa shape index (κ1) is 13.0. The van der Waals surface area contributed by atoms with Crippen LogP contribution in [0.3, 0.4) is 0 Å². The Morgan fingerprint density at radius 2 is 1.58 bits per heavy atom. The molecule has 0 aromatic heterocycles. The van der Waals surface area contributed by atoms with Crippen molar-refractivity contribution in [2.24, 2.45) is 0 Å². The Morgan fingerprint density at radius 3 is 2.16 bits per heavy atom. The lowest BCUT2D eigenvalue weighted by Gasteiger charge is -2.19. The molecule has 0 saturated carbocycles. The molecule has 0 N–H and O–H groups in total. The number of fused-ring (bicyclic) bond motifs is 1. The maximum absolute atomic E-state index is 2.33. The van der Waals surface area contributed by atoms with Crippen molar-refractivity contribution in [3.8, 4) is 0 Å². The third kappa shape index (κ3) is 2.52. The molecule has 2 aromatic carbocycles. The van der Waals surface area contributed by atoms with E-state index < -0.39 is 0 Å². The van der Waals surface area contributed by atoms with Crippen LogP contribution in [0.25, 0.3) is 0 Å². The minimum Gasteiger partial charge on any atom is -0.378 e. The molecule has 1 heterocycles. The summed E-state index contributed by atoms with van der Waals surface area (Å²) in [6.45, 7) is 2.17. The first-order chi connectivity index (χ1) is 9.15. The zero-order valence-corrected chi connectivity index (χ0v) is 13.0. The summed E-state index contributed by atoms with van der Waals surface area (Å²) in [6.07, 6.45) is 0. The van der Waals surface area contributed by atoms with Crippen LogP contribution in [0.15, 0.2) is 52.3 Å². The van der Waals surface area contributed by atoms with Gasteiger partial charge in [0.25, 0.3) is 0 Å². The zero-order chi connectivity index (χ0) is 13.4. The molecule has 1 aliphatic heterocycles. The van der Waals surface area contributed by atoms with Gasteiger partial charge in [-0.1, -0.05) is 29.8 Å². The molecule has 0 spiro atoms. The molecular formula is C15H16BNS2. The van der Waals surface area contributed by atoms with Crippen molar-refractivity contribution in [2.75, 3.05) is 19.0 Å². The van der Waals surface area contributed by atoms with Gasteiger partial charge in [-0.2, -0.15) is 23.2 Å². The first-order valence-corrected chi connectivity index (χ1v) is 8.11. The molecule has 0 radical (unpaired) electrons. The van der Waals surface area contributed by atoms with E-state index in [1.165, 1.54) is 26.5 Å². The Balaban J connectivity index is 1.99. The van der Waals surface area contributed by atoms with Crippen molar-refractivity contribution in [3.05, 3.63) is 48.0 Å². The predicted octanol–water partition coefficient (Wildman–Crippen LogP) is 3.65. The van der Waals surface area contributed by atoms with Crippen molar-refractivity contribution in [3.63, 3.8) is 0 Å². The van der Waals surface area contributed by atoms with E-state index in [4.69, 9.17) is 0 Å². The predicted molar refractivity (Wildman–Crippen MR) is 89.1 cm³/mol. The summed E-state index contributed by atoms with van der Waals surface area (Å²) in [7, 11) is 4.23. The van der Waals surface area contributed by atoms with Crippen LogP contribution in [0, 0.1) is 6.92 Å². The normalized spacial score (nSPS) is 13.5. The highest BCUT2D eigenvalue weighted by molar-refractivity contribution is 8.57. The third-order valence-corrected chi connectivity index (χ3v) is 6.10. The van der Waals surface area contributed by atoms with Crippen molar-refractivity contribution >= 4 is 39.6 Å². The van der Waals surface area contributed by atoms with Gasteiger partial charge >= 0.3 is 5.27 Å². The van der Waals surface area contributed by atoms with Gasteiger partial charge in [-0.15, -0.1) is 0 Å². The van der Waals surface area contributed by atoms with Crippen LogP contribution in [-0.4, -0.2) is 19.4 Å². The molecule has 0 fully saturated rings. The first-order valence-electron chi connectivity index (χ1n) is 6.35. The van der Waals surface area contributed by atoms with Crippen LogP contribution in [0.2, 0.25) is 0 Å². The zero-order valence-electron chi connectivity index (χ0n) is 11.4. The number of hydrogen-bond donors (Lipinski definition) is 0. The van der Waals surface area contributed by atoms with E-state index in [2.05, 4.69) is 68.4 Å². The van der Waals surface area contributed by atoms with E-state index in [0.717, 1.165) is 0 Å². The smallest absolute Gasteiger partial charge is 0.319 e. The van der Waals surface area contributed by atoms with Gasteiger partial charge in [-0.05, 0) is 30.6 Å². The molecule has 0 unspecified atom stereocenters. The SMILES string of the molecule is Cc1ccc(N(C)C)c(B2Sc3ccccc3S2)c1. The van der Waals surface area contributed by atoms with Crippen LogP contribution in [-0.2, 0) is 0 Å². The molecule has 0 amide bonds. The van der Waals surface area contributed by atoms with Gasteiger partial charge in [0.1, 0.15) is 0 Å². The summed E-state index contributed by atoms with van der Waals surface area (Å²) in [4.78, 5) is 5.02. The molecule has 0 saturated heterocycles. The largest absolute Gasteiger partial charge is 0.378 e. The Kier molecular flexibility index (Phi) is 3.55. The second kappa shape index (κ2) is 5.18. The monoisotopic (exact) mass is 285 g/mol. The highest BCUT2D eigenvalue weighted by Crippen LogP contribution is 2.45. The number of hydrogen-bond acceptors (Lipinski definition) is 3. The molecule has 19 heavy (non-hydrogen) atoms. The highest BCUT2D eigenvalue weighted by atomic mass is 32.2. The Bertz CT molecular complexity index is 588. The van der Waals surface area contributed by atoms with Gasteiger partial charge in [0.2, 0.25) is 0 Å². The summed E-state index contributed by atoms with van der Waals surface area (Å²) < 4.78 is 0. The lowest BCUT2D eigenvalue weighted by Crippen LogP contribution is -2.29. The lowest BCUT2D eigenvalue weighted by atomic mass is 9.88. The average Bonchev–Trinajstić information content (AvgIpc) is 2.81. The number of nitrogens with zero attached hydrogens (tertiary/aromatic N) is 1. The number of anilines is 1. The lowest BCUT2D eigenvalue weighted by molar-refractivity contribution is 1.14. The summed E-state index contributed by atoms with van der Waals surface area (Å²) >= 11 is 3.93. The Labute approximate surface area is 123 Å². The molecule has 3 rings (SSSR count). The van der Waals surface area contributed by atoms with Crippen molar-refractivity contribution < 1.29 is 0 Å². The van der Waals surface area contributed by atoms with E-state index in [1.54, 1.807) is 0 Å². The summed E-state index contributed by atoms with van der Waals surface area (Å²) in [5.74, 6) is 0. The second-order valence-corrected chi connectivity index (χ2v) is 7.56. The third-order valence-electron chi connectivity index (χ3n) is 3.24. The quantitative estimate of drug-likeness (QED) is 0.775. The van der Waals surface area contributed by atoms with Gasteiger partial charge in [0.15, 0.2) is 0 Å².